The second-order valence-electron chi connectivity index (χ2n) is 5.66. The van der Waals surface area contributed by atoms with E-state index >= 15 is 0 Å². The van der Waals surface area contributed by atoms with Gasteiger partial charge in [-0.25, -0.2) is 4.98 Å². The molecule has 0 spiro atoms. The maximum absolute atomic E-state index is 12.9. The summed E-state index contributed by atoms with van der Waals surface area (Å²) in [6, 6.07) is 11.6. The van der Waals surface area contributed by atoms with Crippen molar-refractivity contribution in [2.24, 2.45) is 0 Å². The zero-order valence-corrected chi connectivity index (χ0v) is 15.0. The molecule has 0 aliphatic carbocycles. The fraction of sp³-hybridized carbons (Fsp3) is 0.158. The smallest absolute Gasteiger partial charge is 0.416 e. The van der Waals surface area contributed by atoms with Gasteiger partial charge in [-0.1, -0.05) is 6.07 Å². The van der Waals surface area contributed by atoms with Crippen molar-refractivity contribution in [3.8, 4) is 11.5 Å². The number of nitrogens with zero attached hydrogens (tertiary/aromatic N) is 2. The minimum Gasteiger partial charge on any atom is -0.497 e. The van der Waals surface area contributed by atoms with Crippen molar-refractivity contribution in [3.05, 3.63) is 60.3 Å². The van der Waals surface area contributed by atoms with Gasteiger partial charge in [0.2, 0.25) is 5.95 Å². The Balaban J connectivity index is 1.80. The van der Waals surface area contributed by atoms with Crippen LogP contribution in [0.1, 0.15) is 5.56 Å². The van der Waals surface area contributed by atoms with E-state index in [4.69, 9.17) is 9.47 Å². The number of methoxy groups -OCH3 is 2. The molecule has 28 heavy (non-hydrogen) atoms. The number of aromatic nitrogens is 2. The normalized spacial score (nSPS) is 11.0. The summed E-state index contributed by atoms with van der Waals surface area (Å²) in [4.78, 5) is 8.39. The van der Waals surface area contributed by atoms with Gasteiger partial charge < -0.3 is 20.1 Å². The van der Waals surface area contributed by atoms with E-state index in [1.807, 2.05) is 0 Å². The molecule has 3 rings (SSSR count). The van der Waals surface area contributed by atoms with Gasteiger partial charge in [0, 0.05) is 18.0 Å². The van der Waals surface area contributed by atoms with Crippen molar-refractivity contribution in [2.45, 2.75) is 6.18 Å². The first-order valence-electron chi connectivity index (χ1n) is 8.15. The van der Waals surface area contributed by atoms with Crippen molar-refractivity contribution in [1.82, 2.24) is 9.97 Å². The molecule has 6 nitrogen and oxygen atoms in total. The Hall–Kier alpha value is -3.49. The number of hydrogen-bond acceptors (Lipinski definition) is 6. The van der Waals surface area contributed by atoms with Gasteiger partial charge in [-0.05, 0) is 36.4 Å². The molecule has 0 atom stereocenters. The van der Waals surface area contributed by atoms with Gasteiger partial charge in [0.15, 0.2) is 0 Å². The highest BCUT2D eigenvalue weighted by molar-refractivity contribution is 5.65. The Morgan fingerprint density at radius 3 is 2.46 bits per heavy atom. The molecule has 0 saturated heterocycles. The lowest BCUT2D eigenvalue weighted by atomic mass is 10.2. The Bertz CT molecular complexity index is 964. The van der Waals surface area contributed by atoms with Gasteiger partial charge >= 0.3 is 6.18 Å². The van der Waals surface area contributed by atoms with Crippen molar-refractivity contribution < 1.29 is 22.6 Å². The largest absolute Gasteiger partial charge is 0.497 e. The highest BCUT2D eigenvalue weighted by atomic mass is 19.4. The molecule has 0 fully saturated rings. The summed E-state index contributed by atoms with van der Waals surface area (Å²) in [5, 5.41) is 5.86. The molecule has 0 aliphatic heterocycles. The van der Waals surface area contributed by atoms with Crippen LogP contribution in [-0.2, 0) is 6.18 Å². The summed E-state index contributed by atoms with van der Waals surface area (Å²) >= 11 is 0. The van der Waals surface area contributed by atoms with Crippen LogP contribution in [0.2, 0.25) is 0 Å². The number of benzene rings is 2. The van der Waals surface area contributed by atoms with Crippen molar-refractivity contribution in [1.29, 1.82) is 0 Å². The lowest BCUT2D eigenvalue weighted by Gasteiger charge is -2.13. The van der Waals surface area contributed by atoms with Crippen LogP contribution in [0.5, 0.6) is 11.5 Å². The minimum atomic E-state index is -4.42. The van der Waals surface area contributed by atoms with Crippen molar-refractivity contribution >= 4 is 23.1 Å². The van der Waals surface area contributed by atoms with E-state index in [0.717, 1.165) is 12.1 Å². The maximum Gasteiger partial charge on any atom is 0.416 e. The molecular weight excluding hydrogens is 373 g/mol. The molecule has 2 N–H and O–H groups in total. The number of rotatable bonds is 6. The summed E-state index contributed by atoms with van der Waals surface area (Å²) in [5.41, 5.74) is 0.133. The van der Waals surface area contributed by atoms with Crippen LogP contribution in [0.15, 0.2) is 54.7 Å². The number of hydrogen-bond donors (Lipinski definition) is 2. The average molecular weight is 390 g/mol. The van der Waals surface area contributed by atoms with E-state index in [2.05, 4.69) is 20.6 Å². The van der Waals surface area contributed by atoms with E-state index < -0.39 is 11.7 Å². The lowest BCUT2D eigenvalue weighted by Crippen LogP contribution is -2.06. The second-order valence-corrected chi connectivity index (χ2v) is 5.66. The topological polar surface area (TPSA) is 68.3 Å². The quantitative estimate of drug-likeness (QED) is 0.617. The number of nitrogens with one attached hydrogen (secondary N) is 2. The van der Waals surface area contributed by atoms with Crippen LogP contribution in [0, 0.1) is 0 Å². The minimum absolute atomic E-state index is 0.250. The van der Waals surface area contributed by atoms with Crippen LogP contribution in [-0.4, -0.2) is 24.2 Å². The molecule has 2 aromatic carbocycles. The fourth-order valence-electron chi connectivity index (χ4n) is 2.43. The van der Waals surface area contributed by atoms with Crippen LogP contribution < -0.4 is 20.1 Å². The Morgan fingerprint density at radius 2 is 1.75 bits per heavy atom. The predicted octanol–water partition coefficient (Wildman–Crippen LogP) is 5.00. The number of halogens is 3. The van der Waals surface area contributed by atoms with Crippen LogP contribution in [0.3, 0.4) is 0 Å². The summed E-state index contributed by atoms with van der Waals surface area (Å²) in [6.07, 6.45) is -2.93. The Labute approximate surface area is 159 Å². The Kier molecular flexibility index (Phi) is 5.53. The van der Waals surface area contributed by atoms with E-state index in [1.165, 1.54) is 25.4 Å². The van der Waals surface area contributed by atoms with E-state index in [9.17, 15) is 13.2 Å². The first-order chi connectivity index (χ1) is 13.4. The SMILES string of the molecule is COc1ccc(Nc2nccc(Nc3cccc(C(F)(F)F)c3)n2)c(OC)c1. The highest BCUT2D eigenvalue weighted by Gasteiger charge is 2.30. The van der Waals surface area contributed by atoms with Crippen LogP contribution in [0.25, 0.3) is 0 Å². The summed E-state index contributed by atoms with van der Waals surface area (Å²) < 4.78 is 49.0. The van der Waals surface area contributed by atoms with E-state index in [1.54, 1.807) is 31.4 Å². The summed E-state index contributed by atoms with van der Waals surface area (Å²) in [6.45, 7) is 0. The molecular formula is C19H17F3N4O2. The molecule has 1 aromatic heterocycles. The van der Waals surface area contributed by atoms with Crippen molar-refractivity contribution in [3.63, 3.8) is 0 Å². The first-order valence-corrected chi connectivity index (χ1v) is 8.15. The third-order valence-corrected chi connectivity index (χ3v) is 3.77. The predicted molar refractivity (Wildman–Crippen MR) is 99.6 cm³/mol. The number of anilines is 4. The molecule has 0 amide bonds. The molecule has 1 heterocycles. The van der Waals surface area contributed by atoms with Gasteiger partial charge in [0.25, 0.3) is 0 Å². The monoisotopic (exact) mass is 390 g/mol. The fourth-order valence-corrected chi connectivity index (χ4v) is 2.43. The second kappa shape index (κ2) is 8.03. The molecule has 0 bridgehead atoms. The van der Waals surface area contributed by atoms with E-state index in [-0.39, 0.29) is 11.6 Å². The lowest BCUT2D eigenvalue weighted by molar-refractivity contribution is -0.137. The van der Waals surface area contributed by atoms with Gasteiger partial charge in [-0.15, -0.1) is 0 Å². The maximum atomic E-state index is 12.9. The van der Waals surface area contributed by atoms with Crippen LogP contribution >= 0.6 is 0 Å². The molecule has 0 aliphatic rings. The third-order valence-electron chi connectivity index (χ3n) is 3.77. The Morgan fingerprint density at radius 1 is 0.929 bits per heavy atom. The van der Waals surface area contributed by atoms with Gasteiger partial charge in [0.1, 0.15) is 17.3 Å². The zero-order valence-electron chi connectivity index (χ0n) is 15.0. The molecule has 0 saturated carbocycles. The van der Waals surface area contributed by atoms with Crippen LogP contribution in [0.4, 0.5) is 36.3 Å². The average Bonchev–Trinajstić information content (AvgIpc) is 2.68. The molecule has 0 unspecified atom stereocenters. The standard InChI is InChI=1S/C19H17F3N4O2/c1-27-14-6-7-15(16(11-14)28-2)25-18-23-9-8-17(26-18)24-13-5-3-4-12(10-13)19(20,21)22/h3-11H,1-2H3,(H2,23,24,25,26). The molecule has 9 heteroatoms. The summed E-state index contributed by atoms with van der Waals surface area (Å²) in [7, 11) is 3.07. The van der Waals surface area contributed by atoms with Gasteiger partial charge in [-0.3, -0.25) is 0 Å². The van der Waals surface area contributed by atoms with E-state index in [0.29, 0.717) is 23.0 Å². The van der Waals surface area contributed by atoms with Crippen molar-refractivity contribution in [2.75, 3.05) is 24.9 Å². The first kappa shape index (κ1) is 19.3. The number of alkyl halides is 3. The molecule has 0 radical (unpaired) electrons. The zero-order chi connectivity index (χ0) is 20.1. The number of ether oxygens (including phenoxy) is 2. The molecule has 3 aromatic rings. The van der Waals surface area contributed by atoms with Gasteiger partial charge in [0.05, 0.1) is 25.5 Å². The summed E-state index contributed by atoms with van der Waals surface area (Å²) in [5.74, 6) is 1.74. The molecule has 146 valence electrons. The third kappa shape index (κ3) is 4.61. The van der Waals surface area contributed by atoms with Gasteiger partial charge in [-0.2, -0.15) is 18.2 Å². The highest BCUT2D eigenvalue weighted by Crippen LogP contribution is 2.32.